The molecule has 1 aromatic heterocycles. The number of H-pyrrole nitrogens is 1. The minimum atomic E-state index is -0.398. The van der Waals surface area contributed by atoms with E-state index in [1.54, 1.807) is 31.4 Å². The molecule has 2 amide bonds. The summed E-state index contributed by atoms with van der Waals surface area (Å²) < 4.78 is 18.0. The number of halogens is 1. The average Bonchev–Trinajstić information content (AvgIpc) is 2.96. The first-order valence-electron chi connectivity index (χ1n) is 6.97. The molecule has 0 unspecified atom stereocenters. The average molecular weight is 314 g/mol. The van der Waals surface area contributed by atoms with Crippen molar-refractivity contribution in [1.82, 2.24) is 15.5 Å². The van der Waals surface area contributed by atoms with Crippen LogP contribution in [0, 0.1) is 5.82 Å². The second-order valence-electron chi connectivity index (χ2n) is 4.92. The van der Waals surface area contributed by atoms with Crippen LogP contribution in [0.25, 0.3) is 10.9 Å². The van der Waals surface area contributed by atoms with E-state index >= 15 is 0 Å². The molecule has 0 atom stereocenters. The van der Waals surface area contributed by atoms with Gasteiger partial charge in [-0.25, -0.2) is 9.18 Å². The van der Waals surface area contributed by atoms with Crippen LogP contribution in [0.5, 0.6) is 5.75 Å². The van der Waals surface area contributed by atoms with Crippen molar-refractivity contribution in [3.63, 3.8) is 0 Å². The number of hydrogen-bond acceptors (Lipinski definition) is 3. The van der Waals surface area contributed by atoms with Crippen LogP contribution in [0.2, 0.25) is 0 Å². The minimum absolute atomic E-state index is 0.289. The number of hydrogen-bond donors (Lipinski definition) is 3. The van der Waals surface area contributed by atoms with Crippen LogP contribution >= 0.6 is 0 Å². The summed E-state index contributed by atoms with van der Waals surface area (Å²) in [4.78, 5) is 12.0. The zero-order chi connectivity index (χ0) is 16.2. The molecule has 0 saturated carbocycles. The van der Waals surface area contributed by atoms with Crippen LogP contribution in [0.15, 0.2) is 42.5 Å². The summed E-state index contributed by atoms with van der Waals surface area (Å²) in [7, 11) is 1.57. The van der Waals surface area contributed by atoms with Gasteiger partial charge in [0.1, 0.15) is 11.6 Å². The van der Waals surface area contributed by atoms with Crippen molar-refractivity contribution in [3.05, 3.63) is 53.8 Å². The number of aromatic nitrogens is 2. The number of anilines is 1. The van der Waals surface area contributed by atoms with Gasteiger partial charge >= 0.3 is 6.03 Å². The highest BCUT2D eigenvalue weighted by Crippen LogP contribution is 2.24. The Hall–Kier alpha value is -3.09. The van der Waals surface area contributed by atoms with E-state index in [-0.39, 0.29) is 12.4 Å². The van der Waals surface area contributed by atoms with Crippen molar-refractivity contribution < 1.29 is 13.9 Å². The molecule has 0 aliphatic rings. The maximum Gasteiger partial charge on any atom is 0.320 e. The van der Waals surface area contributed by atoms with Gasteiger partial charge in [-0.15, -0.1) is 0 Å². The number of nitrogens with one attached hydrogen (secondary N) is 3. The topological polar surface area (TPSA) is 79.0 Å². The minimum Gasteiger partial charge on any atom is -0.497 e. The second-order valence-corrected chi connectivity index (χ2v) is 4.92. The summed E-state index contributed by atoms with van der Waals surface area (Å²) in [6.45, 7) is 0.289. The molecule has 6 nitrogen and oxygen atoms in total. The Labute approximate surface area is 131 Å². The van der Waals surface area contributed by atoms with Gasteiger partial charge in [0.2, 0.25) is 0 Å². The molecule has 0 aliphatic carbocycles. The van der Waals surface area contributed by atoms with Crippen LogP contribution < -0.4 is 15.4 Å². The Morgan fingerprint density at radius 2 is 2.04 bits per heavy atom. The molecule has 0 fully saturated rings. The Bertz CT molecular complexity index is 830. The number of urea groups is 1. The molecule has 0 bridgehead atoms. The normalized spacial score (nSPS) is 10.5. The fourth-order valence-electron chi connectivity index (χ4n) is 2.15. The number of nitrogens with zero attached hydrogens (tertiary/aromatic N) is 1. The number of carbonyl (C=O) groups is 1. The van der Waals surface area contributed by atoms with Gasteiger partial charge in [0.05, 0.1) is 12.6 Å². The standard InChI is InChI=1S/C16H15FN4O2/c1-23-12-6-7-14-13(8-12)15(21-20-14)19-16(22)18-9-10-2-4-11(17)5-3-10/h2-8H,9H2,1H3,(H3,18,19,20,21,22). The smallest absolute Gasteiger partial charge is 0.320 e. The highest BCUT2D eigenvalue weighted by molar-refractivity contribution is 5.99. The van der Waals surface area contributed by atoms with Crippen LogP contribution in [0.4, 0.5) is 15.0 Å². The fraction of sp³-hybridized carbons (Fsp3) is 0.125. The molecule has 0 radical (unpaired) electrons. The van der Waals surface area contributed by atoms with Crippen molar-refractivity contribution >= 4 is 22.8 Å². The highest BCUT2D eigenvalue weighted by Gasteiger charge is 2.10. The van der Waals surface area contributed by atoms with Gasteiger partial charge in [0.25, 0.3) is 0 Å². The third kappa shape index (κ3) is 3.39. The number of aromatic amines is 1. The van der Waals surface area contributed by atoms with E-state index in [2.05, 4.69) is 20.8 Å². The zero-order valence-corrected chi connectivity index (χ0v) is 12.4. The Balaban J connectivity index is 1.66. The van der Waals surface area contributed by atoms with Crippen LogP contribution in [0.1, 0.15) is 5.56 Å². The number of ether oxygens (including phenoxy) is 1. The lowest BCUT2D eigenvalue weighted by atomic mass is 10.2. The largest absolute Gasteiger partial charge is 0.497 e. The lowest BCUT2D eigenvalue weighted by molar-refractivity contribution is 0.251. The molecule has 3 aromatic rings. The number of amides is 2. The lowest BCUT2D eigenvalue weighted by Gasteiger charge is -2.06. The molecule has 2 aromatic carbocycles. The molecule has 0 saturated heterocycles. The SMILES string of the molecule is COc1ccc2[nH]nc(NC(=O)NCc3ccc(F)cc3)c2c1. The summed E-state index contributed by atoms with van der Waals surface area (Å²) in [5, 5.41) is 13.0. The van der Waals surface area contributed by atoms with Gasteiger partial charge in [-0.3, -0.25) is 10.4 Å². The van der Waals surface area contributed by atoms with E-state index in [0.717, 1.165) is 16.5 Å². The van der Waals surface area contributed by atoms with Gasteiger partial charge in [-0.1, -0.05) is 12.1 Å². The molecule has 7 heteroatoms. The number of carbonyl (C=O) groups excluding carboxylic acids is 1. The van der Waals surface area contributed by atoms with E-state index in [0.29, 0.717) is 11.6 Å². The molecule has 0 spiro atoms. The molecule has 118 valence electrons. The van der Waals surface area contributed by atoms with E-state index in [4.69, 9.17) is 4.74 Å². The molecule has 1 heterocycles. The van der Waals surface area contributed by atoms with Gasteiger partial charge in [-0.05, 0) is 35.9 Å². The van der Waals surface area contributed by atoms with E-state index in [9.17, 15) is 9.18 Å². The predicted molar refractivity (Wildman–Crippen MR) is 84.9 cm³/mol. The maximum atomic E-state index is 12.8. The number of fused-ring (bicyclic) bond motifs is 1. The summed E-state index contributed by atoms with van der Waals surface area (Å²) in [5.74, 6) is 0.777. The van der Waals surface area contributed by atoms with Crippen molar-refractivity contribution in [1.29, 1.82) is 0 Å². The summed E-state index contributed by atoms with van der Waals surface area (Å²) in [6, 6.07) is 10.9. The first-order valence-corrected chi connectivity index (χ1v) is 6.97. The van der Waals surface area contributed by atoms with Crippen LogP contribution in [-0.2, 0) is 6.54 Å². The van der Waals surface area contributed by atoms with Crippen molar-refractivity contribution in [2.45, 2.75) is 6.54 Å². The second kappa shape index (κ2) is 6.35. The first-order chi connectivity index (χ1) is 11.2. The van der Waals surface area contributed by atoms with Crippen LogP contribution in [-0.4, -0.2) is 23.3 Å². The van der Waals surface area contributed by atoms with Gasteiger partial charge < -0.3 is 10.1 Å². The Morgan fingerprint density at radius 3 is 2.78 bits per heavy atom. The predicted octanol–water partition coefficient (Wildman–Crippen LogP) is 3.03. The third-order valence-electron chi connectivity index (χ3n) is 3.37. The summed E-state index contributed by atoms with van der Waals surface area (Å²) >= 11 is 0. The monoisotopic (exact) mass is 314 g/mol. The Morgan fingerprint density at radius 1 is 1.26 bits per heavy atom. The first kappa shape index (κ1) is 14.8. The summed E-state index contributed by atoms with van der Waals surface area (Å²) in [5.41, 5.74) is 1.59. The zero-order valence-electron chi connectivity index (χ0n) is 12.4. The number of rotatable bonds is 4. The third-order valence-corrected chi connectivity index (χ3v) is 3.37. The molecule has 3 rings (SSSR count). The van der Waals surface area contributed by atoms with Crippen molar-refractivity contribution in [2.75, 3.05) is 12.4 Å². The van der Waals surface area contributed by atoms with Crippen molar-refractivity contribution in [3.8, 4) is 5.75 Å². The number of methoxy groups -OCH3 is 1. The lowest BCUT2D eigenvalue weighted by Crippen LogP contribution is -2.28. The highest BCUT2D eigenvalue weighted by atomic mass is 19.1. The maximum absolute atomic E-state index is 12.8. The number of benzene rings is 2. The van der Waals surface area contributed by atoms with Gasteiger partial charge in [0, 0.05) is 11.9 Å². The molecule has 23 heavy (non-hydrogen) atoms. The van der Waals surface area contributed by atoms with Crippen LogP contribution in [0.3, 0.4) is 0 Å². The van der Waals surface area contributed by atoms with E-state index in [1.807, 2.05) is 6.07 Å². The van der Waals surface area contributed by atoms with E-state index in [1.165, 1.54) is 12.1 Å². The Kier molecular flexibility index (Phi) is 4.09. The fourth-order valence-corrected chi connectivity index (χ4v) is 2.15. The quantitative estimate of drug-likeness (QED) is 0.692. The molecular formula is C16H15FN4O2. The molecule has 0 aliphatic heterocycles. The van der Waals surface area contributed by atoms with E-state index < -0.39 is 6.03 Å². The van der Waals surface area contributed by atoms with Gasteiger partial charge in [-0.2, -0.15) is 5.10 Å². The molecular weight excluding hydrogens is 299 g/mol. The summed E-state index contributed by atoms with van der Waals surface area (Å²) in [6.07, 6.45) is 0. The van der Waals surface area contributed by atoms with Crippen molar-refractivity contribution in [2.24, 2.45) is 0 Å². The van der Waals surface area contributed by atoms with Gasteiger partial charge in [0.15, 0.2) is 5.82 Å². The molecule has 3 N–H and O–H groups in total.